The van der Waals surface area contributed by atoms with Crippen molar-refractivity contribution in [3.05, 3.63) is 0 Å². The fourth-order valence-corrected chi connectivity index (χ4v) is 2.95. The molecule has 1 aliphatic heterocycles. The number of hydrogen-bond acceptors (Lipinski definition) is 5. The van der Waals surface area contributed by atoms with Gasteiger partial charge < -0.3 is 19.6 Å². The molecule has 0 radical (unpaired) electrons. The third kappa shape index (κ3) is 43.7. The largest absolute Gasteiger partial charge is 0.385 e. The summed E-state index contributed by atoms with van der Waals surface area (Å²) in [6.07, 6.45) is 10.3. The van der Waals surface area contributed by atoms with E-state index in [1.54, 1.807) is 14.2 Å². The van der Waals surface area contributed by atoms with Crippen molar-refractivity contribution in [3.63, 3.8) is 0 Å². The van der Waals surface area contributed by atoms with E-state index in [1.807, 2.05) is 34.6 Å². The van der Waals surface area contributed by atoms with Crippen LogP contribution in [0.1, 0.15) is 134 Å². The van der Waals surface area contributed by atoms with E-state index in [2.05, 4.69) is 33.0 Å². The number of rotatable bonds is 12. The number of ketones is 2. The number of hydrogen-bond donors (Lipinski definition) is 1. The maximum atomic E-state index is 11.2. The lowest BCUT2D eigenvalue weighted by Gasteiger charge is -2.15. The van der Waals surface area contributed by atoms with Crippen molar-refractivity contribution >= 4 is 11.6 Å². The van der Waals surface area contributed by atoms with E-state index in [9.17, 15) is 9.59 Å². The molecule has 1 rings (SSSR count). The van der Waals surface area contributed by atoms with Gasteiger partial charge in [-0.05, 0) is 64.3 Å². The Morgan fingerprint density at radius 2 is 1.43 bits per heavy atom. The van der Waals surface area contributed by atoms with Gasteiger partial charge in [-0.3, -0.25) is 4.79 Å². The Morgan fingerprint density at radius 1 is 0.886 bits per heavy atom. The van der Waals surface area contributed by atoms with Gasteiger partial charge >= 0.3 is 0 Å². The van der Waals surface area contributed by atoms with Crippen molar-refractivity contribution in [2.45, 2.75) is 140 Å². The minimum atomic E-state index is 0.167. The third-order valence-electron chi connectivity index (χ3n) is 5.10. The van der Waals surface area contributed by atoms with E-state index in [-0.39, 0.29) is 11.8 Å². The van der Waals surface area contributed by atoms with Crippen LogP contribution in [-0.4, -0.2) is 51.6 Å². The Hall–Kier alpha value is -0.780. The SMILES string of the molecule is CC.CC.CC(C)=O.CCC(C)CCC(CC)COC.CCCC(=O)C1CCCN1.CCCOC. The van der Waals surface area contributed by atoms with Gasteiger partial charge in [0.1, 0.15) is 11.6 Å². The molecule has 0 aromatic rings. The maximum Gasteiger partial charge on any atom is 0.149 e. The highest BCUT2D eigenvalue weighted by molar-refractivity contribution is 5.84. The quantitative estimate of drug-likeness (QED) is 0.289. The minimum Gasteiger partial charge on any atom is -0.385 e. The van der Waals surface area contributed by atoms with E-state index in [1.165, 1.54) is 46.0 Å². The van der Waals surface area contributed by atoms with Gasteiger partial charge in [0.25, 0.3) is 0 Å². The standard InChI is InChI=1S/C11H24O.C8H15NO.C4H10O.C3H6O.2C2H6/c1-5-10(3)7-8-11(6-2)9-12-4;1-2-4-8(10)7-5-3-6-9-7;1-3-4-5-2;1-3(2)4;2*1-2/h10-11H,5-9H2,1-4H3;7,9H,2-6H2,1H3;3-4H2,1-2H3;1-2H3;2*1-2H3. The van der Waals surface area contributed by atoms with Crippen molar-refractivity contribution in [1.29, 1.82) is 0 Å². The number of ether oxygens (including phenoxy) is 2. The van der Waals surface area contributed by atoms with Crippen LogP contribution >= 0.6 is 0 Å². The lowest BCUT2D eigenvalue weighted by atomic mass is 9.94. The molecule has 0 aromatic carbocycles. The Morgan fingerprint density at radius 3 is 1.71 bits per heavy atom. The molecule has 0 amide bonds. The molecule has 3 unspecified atom stereocenters. The average Bonchev–Trinajstić information content (AvgIpc) is 3.40. The fourth-order valence-electron chi connectivity index (χ4n) is 2.95. The zero-order chi connectivity index (χ0) is 28.5. The average molecular weight is 506 g/mol. The van der Waals surface area contributed by atoms with Gasteiger partial charge in [-0.25, -0.2) is 0 Å². The van der Waals surface area contributed by atoms with Gasteiger partial charge in [0, 0.05) is 33.9 Å². The fraction of sp³-hybridized carbons (Fsp3) is 0.933. The molecule has 0 aliphatic carbocycles. The summed E-state index contributed by atoms with van der Waals surface area (Å²) in [6, 6.07) is 0.194. The van der Waals surface area contributed by atoms with Crippen LogP contribution in [0.5, 0.6) is 0 Å². The van der Waals surface area contributed by atoms with Crippen LogP contribution in [0.3, 0.4) is 0 Å². The van der Waals surface area contributed by atoms with E-state index >= 15 is 0 Å². The first kappa shape index (κ1) is 44.2. The summed E-state index contributed by atoms with van der Waals surface area (Å²) in [4.78, 5) is 20.6. The first-order valence-electron chi connectivity index (χ1n) is 14.4. The Balaban J connectivity index is -0.000000117. The number of nitrogens with one attached hydrogen (secondary N) is 1. The number of carbonyl (C=O) groups is 2. The van der Waals surface area contributed by atoms with Crippen LogP contribution < -0.4 is 5.32 Å². The monoisotopic (exact) mass is 506 g/mol. The minimum absolute atomic E-state index is 0.167. The molecule has 1 saturated heterocycles. The van der Waals surface area contributed by atoms with Crippen molar-refractivity contribution in [2.24, 2.45) is 11.8 Å². The molecule has 216 valence electrons. The molecule has 5 heteroatoms. The molecule has 0 saturated carbocycles. The van der Waals surface area contributed by atoms with Gasteiger partial charge in [-0.1, -0.05) is 81.6 Å². The first-order valence-corrected chi connectivity index (χ1v) is 14.4. The van der Waals surface area contributed by atoms with Gasteiger partial charge in [0.05, 0.1) is 6.04 Å². The predicted molar refractivity (Wildman–Crippen MR) is 157 cm³/mol. The molecule has 1 aliphatic rings. The van der Waals surface area contributed by atoms with Crippen LogP contribution in [0, 0.1) is 11.8 Å². The van der Waals surface area contributed by atoms with Crippen molar-refractivity contribution in [1.82, 2.24) is 5.32 Å². The van der Waals surface area contributed by atoms with Crippen molar-refractivity contribution in [3.8, 4) is 0 Å². The van der Waals surface area contributed by atoms with Gasteiger partial charge in [0.2, 0.25) is 0 Å². The van der Waals surface area contributed by atoms with Gasteiger partial charge in [-0.15, -0.1) is 0 Å². The van der Waals surface area contributed by atoms with Gasteiger partial charge in [0.15, 0.2) is 0 Å². The van der Waals surface area contributed by atoms with E-state index in [0.717, 1.165) is 57.3 Å². The lowest BCUT2D eigenvalue weighted by molar-refractivity contribution is -0.120. The number of methoxy groups -OCH3 is 2. The highest BCUT2D eigenvalue weighted by Gasteiger charge is 2.20. The molecule has 35 heavy (non-hydrogen) atoms. The molecule has 0 aromatic heterocycles. The summed E-state index contributed by atoms with van der Waals surface area (Å²) >= 11 is 0. The van der Waals surface area contributed by atoms with Gasteiger partial charge in [-0.2, -0.15) is 0 Å². The first-order chi connectivity index (χ1) is 16.7. The van der Waals surface area contributed by atoms with Crippen LogP contribution in [0.4, 0.5) is 0 Å². The summed E-state index contributed by atoms with van der Waals surface area (Å²) in [6.45, 7) is 24.9. The molecule has 1 heterocycles. The Labute approximate surface area is 221 Å². The van der Waals surface area contributed by atoms with Crippen LogP contribution in [0.2, 0.25) is 0 Å². The molecule has 1 N–H and O–H groups in total. The smallest absolute Gasteiger partial charge is 0.149 e. The predicted octanol–water partition coefficient (Wildman–Crippen LogP) is 8.28. The molecule has 5 nitrogen and oxygen atoms in total. The second-order valence-corrected chi connectivity index (χ2v) is 8.59. The zero-order valence-electron chi connectivity index (χ0n) is 26.4. The second-order valence-electron chi connectivity index (χ2n) is 8.59. The van der Waals surface area contributed by atoms with E-state index < -0.39 is 0 Å². The van der Waals surface area contributed by atoms with Crippen molar-refractivity contribution in [2.75, 3.05) is 34.0 Å². The second kappa shape index (κ2) is 40.4. The summed E-state index contributed by atoms with van der Waals surface area (Å²) < 4.78 is 9.85. The summed E-state index contributed by atoms with van der Waals surface area (Å²) in [5, 5.41) is 3.19. The van der Waals surface area contributed by atoms with Crippen LogP contribution in [0.15, 0.2) is 0 Å². The third-order valence-corrected chi connectivity index (χ3v) is 5.10. The van der Waals surface area contributed by atoms with E-state index in [4.69, 9.17) is 9.47 Å². The summed E-state index contributed by atoms with van der Waals surface area (Å²) in [5.74, 6) is 2.24. The topological polar surface area (TPSA) is 64.6 Å². The number of Topliss-reactive ketones (excluding diaryl/α,β-unsaturated/α-hetero) is 2. The van der Waals surface area contributed by atoms with E-state index in [0.29, 0.717) is 5.78 Å². The molecule has 0 bridgehead atoms. The van der Waals surface area contributed by atoms with Crippen LogP contribution in [-0.2, 0) is 19.1 Å². The Kier molecular flexibility index (Phi) is 51.0. The highest BCUT2D eigenvalue weighted by Crippen LogP contribution is 2.17. The normalized spacial score (nSPS) is 14.9. The molecule has 1 fully saturated rings. The van der Waals surface area contributed by atoms with Crippen molar-refractivity contribution < 1.29 is 19.1 Å². The molecular weight excluding hydrogens is 438 g/mol. The highest BCUT2D eigenvalue weighted by atomic mass is 16.5. The number of carbonyl (C=O) groups excluding carboxylic acids is 2. The molecule has 3 atom stereocenters. The summed E-state index contributed by atoms with van der Waals surface area (Å²) in [5.41, 5.74) is 0. The van der Waals surface area contributed by atoms with Crippen LogP contribution in [0.25, 0.3) is 0 Å². The summed E-state index contributed by atoms with van der Waals surface area (Å²) in [7, 11) is 3.51. The molecule has 0 spiro atoms. The molecular formula is C30H67NO4. The lowest BCUT2D eigenvalue weighted by Crippen LogP contribution is -2.30. The maximum absolute atomic E-state index is 11.2. The zero-order valence-corrected chi connectivity index (χ0v) is 26.4. The Bertz CT molecular complexity index is 377.